The van der Waals surface area contributed by atoms with Crippen molar-refractivity contribution in [2.45, 2.75) is 51.8 Å². The summed E-state index contributed by atoms with van der Waals surface area (Å²) >= 11 is 5.89. The Bertz CT molecular complexity index is 645. The van der Waals surface area contributed by atoms with Crippen LogP contribution in [-0.4, -0.2) is 47.2 Å². The first-order valence-electron chi connectivity index (χ1n) is 8.14. The van der Waals surface area contributed by atoms with Crippen molar-refractivity contribution in [2.24, 2.45) is 0 Å². The molecule has 0 bridgehead atoms. The zero-order valence-corrected chi connectivity index (χ0v) is 15.7. The third kappa shape index (κ3) is 5.77. The van der Waals surface area contributed by atoms with Crippen LogP contribution < -0.4 is 10.1 Å². The molecule has 2 amide bonds. The molecule has 1 atom stereocenters. The summed E-state index contributed by atoms with van der Waals surface area (Å²) in [7, 11) is 1.50. The van der Waals surface area contributed by atoms with Crippen LogP contribution in [0.15, 0.2) is 12.1 Å². The van der Waals surface area contributed by atoms with Crippen LogP contribution in [0.3, 0.4) is 0 Å². The van der Waals surface area contributed by atoms with Gasteiger partial charge < -0.3 is 19.7 Å². The lowest BCUT2D eigenvalue weighted by Gasteiger charge is -2.29. The number of carbonyl (C=O) groups excluding carboxylic acids is 2. The number of rotatable bonds is 5. The number of carbonyl (C=O) groups is 2. The Kier molecular flexibility index (Phi) is 6.11. The van der Waals surface area contributed by atoms with Crippen LogP contribution in [0.4, 0.5) is 4.79 Å². The van der Waals surface area contributed by atoms with E-state index in [4.69, 9.17) is 21.1 Å². The zero-order chi connectivity index (χ0) is 18.6. The fourth-order valence-corrected chi connectivity index (χ4v) is 2.70. The summed E-state index contributed by atoms with van der Waals surface area (Å²) < 4.78 is 10.7. The smallest absolute Gasteiger partial charge is 0.410 e. The molecule has 1 aliphatic heterocycles. The van der Waals surface area contributed by atoms with E-state index in [0.717, 1.165) is 0 Å². The van der Waals surface area contributed by atoms with Gasteiger partial charge in [-0.1, -0.05) is 11.6 Å². The van der Waals surface area contributed by atoms with Gasteiger partial charge in [-0.05, 0) is 39.3 Å². The molecule has 7 nitrogen and oxygen atoms in total. The maximum Gasteiger partial charge on any atom is 0.410 e. The summed E-state index contributed by atoms with van der Waals surface area (Å²) in [5.41, 5.74) is 0.0958. The van der Waals surface area contributed by atoms with Gasteiger partial charge in [0.15, 0.2) is 0 Å². The molecule has 0 spiro atoms. The van der Waals surface area contributed by atoms with Crippen molar-refractivity contribution < 1.29 is 19.1 Å². The molecular weight excluding hydrogens is 346 g/mol. The van der Waals surface area contributed by atoms with Crippen LogP contribution in [-0.2, 0) is 16.1 Å². The van der Waals surface area contributed by atoms with Crippen LogP contribution >= 0.6 is 11.6 Å². The van der Waals surface area contributed by atoms with E-state index in [1.54, 1.807) is 17.0 Å². The molecule has 0 aliphatic carbocycles. The monoisotopic (exact) mass is 369 g/mol. The number of amides is 2. The van der Waals surface area contributed by atoms with Crippen molar-refractivity contribution >= 4 is 23.6 Å². The Balaban J connectivity index is 2.18. The van der Waals surface area contributed by atoms with Crippen LogP contribution in [0.5, 0.6) is 5.88 Å². The minimum atomic E-state index is -0.614. The third-order valence-electron chi connectivity index (χ3n) is 3.64. The standard InChI is InChI=1S/C17H24ClN3O4/c1-17(2,3)25-16(23)21(10-12-6-8-14(22)19-12)9-11-5-7-13(18)20-15(11)24-4/h5,7,12H,6,8-10H2,1-4H3,(H,19,22)/t12-/m0/s1. The normalized spacial score (nSPS) is 17.2. The Morgan fingerprint density at radius 3 is 2.72 bits per heavy atom. The van der Waals surface area contributed by atoms with Gasteiger partial charge >= 0.3 is 6.09 Å². The quantitative estimate of drug-likeness (QED) is 0.807. The lowest BCUT2D eigenvalue weighted by molar-refractivity contribution is -0.119. The fraction of sp³-hybridized carbons (Fsp3) is 0.588. The number of ether oxygens (including phenoxy) is 2. The van der Waals surface area contributed by atoms with Gasteiger partial charge in [-0.2, -0.15) is 0 Å². The number of hydrogen-bond acceptors (Lipinski definition) is 5. The van der Waals surface area contributed by atoms with Gasteiger partial charge in [-0.3, -0.25) is 4.79 Å². The van der Waals surface area contributed by atoms with E-state index in [-0.39, 0.29) is 18.5 Å². The van der Waals surface area contributed by atoms with E-state index in [2.05, 4.69) is 10.3 Å². The first kappa shape index (κ1) is 19.3. The highest BCUT2D eigenvalue weighted by molar-refractivity contribution is 6.29. The maximum atomic E-state index is 12.6. The minimum absolute atomic E-state index is 0.000112. The minimum Gasteiger partial charge on any atom is -0.481 e. The number of nitrogens with one attached hydrogen (secondary N) is 1. The maximum absolute atomic E-state index is 12.6. The Morgan fingerprint density at radius 2 is 2.16 bits per heavy atom. The summed E-state index contributed by atoms with van der Waals surface area (Å²) in [6.07, 6.45) is 0.706. The van der Waals surface area contributed by atoms with Crippen LogP contribution in [0.25, 0.3) is 0 Å². The molecular formula is C17H24ClN3O4. The van der Waals surface area contributed by atoms with Gasteiger partial charge in [0.05, 0.1) is 13.7 Å². The second-order valence-corrected chi connectivity index (χ2v) is 7.35. The summed E-state index contributed by atoms with van der Waals surface area (Å²) in [6.45, 7) is 6.03. The first-order chi connectivity index (χ1) is 11.7. The average Bonchev–Trinajstić information content (AvgIpc) is 2.91. The molecule has 0 unspecified atom stereocenters. The Labute approximate surface area is 152 Å². The highest BCUT2D eigenvalue weighted by Crippen LogP contribution is 2.22. The number of pyridine rings is 1. The Morgan fingerprint density at radius 1 is 1.44 bits per heavy atom. The van der Waals surface area contributed by atoms with Crippen molar-refractivity contribution in [2.75, 3.05) is 13.7 Å². The topological polar surface area (TPSA) is 80.8 Å². The number of hydrogen-bond donors (Lipinski definition) is 1. The predicted molar refractivity (Wildman–Crippen MR) is 93.6 cm³/mol. The third-order valence-corrected chi connectivity index (χ3v) is 3.85. The molecule has 1 saturated heterocycles. The van der Waals surface area contributed by atoms with Gasteiger partial charge in [0.25, 0.3) is 0 Å². The fourth-order valence-electron chi connectivity index (χ4n) is 2.56. The molecule has 138 valence electrons. The van der Waals surface area contributed by atoms with Gasteiger partial charge in [0.2, 0.25) is 11.8 Å². The van der Waals surface area contributed by atoms with Crippen molar-refractivity contribution in [1.29, 1.82) is 0 Å². The van der Waals surface area contributed by atoms with Gasteiger partial charge in [0, 0.05) is 24.6 Å². The van der Waals surface area contributed by atoms with Crippen LogP contribution in [0, 0.1) is 0 Å². The Hall–Kier alpha value is -2.02. The molecule has 2 heterocycles. The van der Waals surface area contributed by atoms with Crippen molar-refractivity contribution in [3.05, 3.63) is 22.8 Å². The number of nitrogens with zero attached hydrogens (tertiary/aromatic N) is 2. The molecule has 1 aromatic rings. The number of methoxy groups -OCH3 is 1. The van der Waals surface area contributed by atoms with Gasteiger partial charge in [0.1, 0.15) is 10.8 Å². The molecule has 2 rings (SSSR count). The van der Waals surface area contributed by atoms with Gasteiger partial charge in [-0.25, -0.2) is 9.78 Å². The van der Waals surface area contributed by atoms with Crippen molar-refractivity contribution in [3.63, 3.8) is 0 Å². The average molecular weight is 370 g/mol. The van der Waals surface area contributed by atoms with Gasteiger partial charge in [-0.15, -0.1) is 0 Å². The number of halogens is 1. The molecule has 0 saturated carbocycles. The molecule has 1 N–H and O–H groups in total. The summed E-state index contributed by atoms with van der Waals surface area (Å²) in [4.78, 5) is 29.7. The van der Waals surface area contributed by atoms with E-state index in [1.165, 1.54) is 7.11 Å². The van der Waals surface area contributed by atoms with Crippen LogP contribution in [0.1, 0.15) is 39.2 Å². The molecule has 0 radical (unpaired) electrons. The second kappa shape index (κ2) is 7.91. The number of aromatic nitrogens is 1. The lowest BCUT2D eigenvalue weighted by atomic mass is 10.2. The molecule has 8 heteroatoms. The summed E-state index contributed by atoms with van der Waals surface area (Å²) in [5, 5.41) is 3.18. The van der Waals surface area contributed by atoms with E-state index in [9.17, 15) is 9.59 Å². The van der Waals surface area contributed by atoms with E-state index < -0.39 is 11.7 Å². The largest absolute Gasteiger partial charge is 0.481 e. The first-order valence-corrected chi connectivity index (χ1v) is 8.52. The highest BCUT2D eigenvalue weighted by atomic mass is 35.5. The lowest BCUT2D eigenvalue weighted by Crippen LogP contribution is -2.43. The predicted octanol–water partition coefficient (Wildman–Crippen LogP) is 2.76. The molecule has 0 aromatic carbocycles. The van der Waals surface area contributed by atoms with Crippen LogP contribution in [0.2, 0.25) is 5.15 Å². The second-order valence-electron chi connectivity index (χ2n) is 6.97. The molecule has 1 fully saturated rings. The summed E-state index contributed by atoms with van der Waals surface area (Å²) in [6, 6.07) is 3.31. The summed E-state index contributed by atoms with van der Waals surface area (Å²) in [5.74, 6) is 0.358. The van der Waals surface area contributed by atoms with E-state index >= 15 is 0 Å². The zero-order valence-electron chi connectivity index (χ0n) is 15.0. The molecule has 25 heavy (non-hydrogen) atoms. The highest BCUT2D eigenvalue weighted by Gasteiger charge is 2.29. The van der Waals surface area contributed by atoms with Crippen molar-refractivity contribution in [1.82, 2.24) is 15.2 Å². The van der Waals surface area contributed by atoms with Crippen molar-refractivity contribution in [3.8, 4) is 5.88 Å². The molecule has 1 aromatic heterocycles. The molecule has 1 aliphatic rings. The SMILES string of the molecule is COc1nc(Cl)ccc1CN(C[C@@H]1CCC(=O)N1)C(=O)OC(C)(C)C. The van der Waals surface area contributed by atoms with E-state index in [1.807, 2.05) is 20.8 Å². The van der Waals surface area contributed by atoms with E-state index in [0.29, 0.717) is 36.0 Å².